The number of aryl methyl sites for hydroxylation is 1. The van der Waals surface area contributed by atoms with Crippen molar-refractivity contribution in [1.82, 2.24) is 10.2 Å². The average molecular weight is 423 g/mol. The fourth-order valence-corrected chi connectivity index (χ4v) is 3.89. The highest BCUT2D eigenvalue weighted by molar-refractivity contribution is 6.30. The molecule has 0 spiro atoms. The van der Waals surface area contributed by atoms with E-state index >= 15 is 0 Å². The van der Waals surface area contributed by atoms with E-state index in [9.17, 15) is 9.59 Å². The maximum absolute atomic E-state index is 13.3. The number of carbonyl (C=O) groups excluding carboxylic acids is 2. The Morgan fingerprint density at radius 3 is 2.40 bits per heavy atom. The van der Waals surface area contributed by atoms with Crippen LogP contribution in [0.3, 0.4) is 0 Å². The van der Waals surface area contributed by atoms with Gasteiger partial charge in [-0.25, -0.2) is 0 Å². The maximum Gasteiger partial charge on any atom is 0.242 e. The fraction of sp³-hybridized carbons (Fsp3) is 0.280. The van der Waals surface area contributed by atoms with Crippen molar-refractivity contribution in [3.63, 3.8) is 0 Å². The summed E-state index contributed by atoms with van der Waals surface area (Å²) in [5, 5.41) is 5.66. The molecule has 4 nitrogen and oxygen atoms in total. The molecule has 3 rings (SSSR count). The van der Waals surface area contributed by atoms with E-state index in [1.807, 2.05) is 37.3 Å². The molecule has 5 heteroatoms. The molecule has 0 aliphatic rings. The molecule has 2 amide bonds. The van der Waals surface area contributed by atoms with Crippen LogP contribution in [0.25, 0.3) is 10.8 Å². The van der Waals surface area contributed by atoms with Gasteiger partial charge in [0, 0.05) is 25.0 Å². The van der Waals surface area contributed by atoms with E-state index in [1.54, 1.807) is 24.1 Å². The van der Waals surface area contributed by atoms with Crippen LogP contribution in [0.5, 0.6) is 0 Å². The van der Waals surface area contributed by atoms with Crippen LogP contribution in [0.15, 0.2) is 66.7 Å². The largest absolute Gasteiger partial charge is 0.357 e. The Morgan fingerprint density at radius 2 is 1.70 bits per heavy atom. The van der Waals surface area contributed by atoms with E-state index < -0.39 is 6.04 Å². The first-order valence-electron chi connectivity index (χ1n) is 10.3. The highest BCUT2D eigenvalue weighted by Crippen LogP contribution is 2.21. The van der Waals surface area contributed by atoms with Gasteiger partial charge in [-0.1, -0.05) is 73.1 Å². The first-order valence-corrected chi connectivity index (χ1v) is 10.6. The molecule has 0 saturated carbocycles. The fourth-order valence-electron chi connectivity index (χ4n) is 3.77. The van der Waals surface area contributed by atoms with Crippen LogP contribution < -0.4 is 5.32 Å². The first kappa shape index (κ1) is 21.8. The quantitative estimate of drug-likeness (QED) is 0.556. The van der Waals surface area contributed by atoms with Crippen molar-refractivity contribution in [3.05, 3.63) is 82.9 Å². The Kier molecular flexibility index (Phi) is 7.47. The lowest BCUT2D eigenvalue weighted by Crippen LogP contribution is -2.48. The summed E-state index contributed by atoms with van der Waals surface area (Å²) in [6, 6.07) is 21.2. The third kappa shape index (κ3) is 5.19. The number of nitrogens with zero attached hydrogens (tertiary/aromatic N) is 1. The normalized spacial score (nSPS) is 11.8. The Bertz CT molecular complexity index is 1010. The molecule has 156 valence electrons. The van der Waals surface area contributed by atoms with E-state index in [2.05, 4.69) is 29.6 Å². The molecule has 0 aromatic heterocycles. The molecule has 0 fully saturated rings. The summed E-state index contributed by atoms with van der Waals surface area (Å²) in [4.78, 5) is 27.4. The standard InChI is InChI=1S/C25H27ClN2O2/c1-3-23(25(30)27-2)28(17-18-11-14-21(26)15-12-18)24(29)16-13-20-9-6-8-19-7-4-5-10-22(19)20/h4-12,14-15,23H,3,13,16-17H2,1-2H3,(H,27,30)/t23-/m0/s1. The molecule has 3 aromatic carbocycles. The van der Waals surface area contributed by atoms with Crippen molar-refractivity contribution < 1.29 is 9.59 Å². The molecular weight excluding hydrogens is 396 g/mol. The number of nitrogens with one attached hydrogen (secondary N) is 1. The summed E-state index contributed by atoms with van der Waals surface area (Å²) in [7, 11) is 1.60. The Hall–Kier alpha value is -2.85. The summed E-state index contributed by atoms with van der Waals surface area (Å²) in [6.07, 6.45) is 1.52. The smallest absolute Gasteiger partial charge is 0.242 e. The maximum atomic E-state index is 13.3. The highest BCUT2D eigenvalue weighted by atomic mass is 35.5. The van der Waals surface area contributed by atoms with Gasteiger partial charge in [-0.15, -0.1) is 0 Å². The van der Waals surface area contributed by atoms with E-state index in [4.69, 9.17) is 11.6 Å². The molecular formula is C25H27ClN2O2. The van der Waals surface area contributed by atoms with Gasteiger partial charge in [0.15, 0.2) is 0 Å². The minimum atomic E-state index is -0.509. The predicted octanol–water partition coefficient (Wildman–Crippen LogP) is 4.98. The lowest BCUT2D eigenvalue weighted by molar-refractivity contribution is -0.141. The minimum absolute atomic E-state index is 0.0339. The van der Waals surface area contributed by atoms with Crippen LogP contribution in [0.4, 0.5) is 0 Å². The average Bonchev–Trinajstić information content (AvgIpc) is 2.78. The third-order valence-corrected chi connectivity index (χ3v) is 5.64. The van der Waals surface area contributed by atoms with Crippen molar-refractivity contribution in [3.8, 4) is 0 Å². The molecule has 30 heavy (non-hydrogen) atoms. The number of hydrogen-bond donors (Lipinski definition) is 1. The zero-order valence-electron chi connectivity index (χ0n) is 17.4. The van der Waals surface area contributed by atoms with Crippen LogP contribution in [-0.4, -0.2) is 29.8 Å². The van der Waals surface area contributed by atoms with Crippen LogP contribution >= 0.6 is 11.6 Å². The number of halogens is 1. The lowest BCUT2D eigenvalue weighted by Gasteiger charge is -2.30. The molecule has 0 unspecified atom stereocenters. The van der Waals surface area contributed by atoms with Crippen molar-refractivity contribution in [2.45, 2.75) is 38.8 Å². The second-order valence-electron chi connectivity index (χ2n) is 7.32. The monoisotopic (exact) mass is 422 g/mol. The molecule has 0 aliphatic heterocycles. The van der Waals surface area contributed by atoms with Crippen molar-refractivity contribution in [1.29, 1.82) is 0 Å². The Morgan fingerprint density at radius 1 is 1.00 bits per heavy atom. The summed E-state index contributed by atoms with van der Waals surface area (Å²) in [5.74, 6) is -0.182. The van der Waals surface area contributed by atoms with E-state index in [-0.39, 0.29) is 11.8 Å². The minimum Gasteiger partial charge on any atom is -0.357 e. The van der Waals surface area contributed by atoms with Crippen LogP contribution in [-0.2, 0) is 22.6 Å². The number of carbonyl (C=O) groups is 2. The van der Waals surface area contributed by atoms with Gasteiger partial charge in [0.05, 0.1) is 0 Å². The molecule has 1 N–H and O–H groups in total. The van der Waals surface area contributed by atoms with Crippen LogP contribution in [0, 0.1) is 0 Å². The number of fused-ring (bicyclic) bond motifs is 1. The van der Waals surface area contributed by atoms with Gasteiger partial charge in [-0.2, -0.15) is 0 Å². The number of hydrogen-bond acceptors (Lipinski definition) is 2. The van der Waals surface area contributed by atoms with Crippen molar-refractivity contribution >= 4 is 34.2 Å². The number of amides is 2. The van der Waals surface area contributed by atoms with Gasteiger partial charge < -0.3 is 10.2 Å². The van der Waals surface area contributed by atoms with Gasteiger partial charge in [0.25, 0.3) is 0 Å². The number of rotatable bonds is 8. The lowest BCUT2D eigenvalue weighted by atomic mass is 10.00. The third-order valence-electron chi connectivity index (χ3n) is 5.39. The van der Waals surface area contributed by atoms with E-state index in [1.165, 1.54) is 0 Å². The van der Waals surface area contributed by atoms with E-state index in [0.717, 1.165) is 21.9 Å². The Labute approximate surface area is 182 Å². The summed E-state index contributed by atoms with van der Waals surface area (Å²) < 4.78 is 0. The topological polar surface area (TPSA) is 49.4 Å². The zero-order chi connectivity index (χ0) is 21.5. The second-order valence-corrected chi connectivity index (χ2v) is 7.76. The van der Waals surface area contributed by atoms with Gasteiger partial charge in [-0.05, 0) is 46.9 Å². The van der Waals surface area contributed by atoms with Gasteiger partial charge in [0.2, 0.25) is 11.8 Å². The van der Waals surface area contributed by atoms with Gasteiger partial charge >= 0.3 is 0 Å². The first-order chi connectivity index (χ1) is 14.5. The molecule has 0 bridgehead atoms. The number of benzene rings is 3. The molecule has 0 aliphatic carbocycles. The second kappa shape index (κ2) is 10.3. The SMILES string of the molecule is CC[C@@H](C(=O)NC)N(Cc1ccc(Cl)cc1)C(=O)CCc1cccc2ccccc12. The summed E-state index contributed by atoms with van der Waals surface area (Å²) >= 11 is 5.99. The van der Waals surface area contributed by atoms with Crippen molar-refractivity contribution in [2.75, 3.05) is 7.05 Å². The predicted molar refractivity (Wildman–Crippen MR) is 122 cm³/mol. The molecule has 0 radical (unpaired) electrons. The van der Waals surface area contributed by atoms with Crippen LogP contribution in [0.2, 0.25) is 5.02 Å². The zero-order valence-corrected chi connectivity index (χ0v) is 18.2. The van der Waals surface area contributed by atoms with Gasteiger partial charge in [-0.3, -0.25) is 9.59 Å². The van der Waals surface area contributed by atoms with Crippen LogP contribution in [0.1, 0.15) is 30.9 Å². The van der Waals surface area contributed by atoms with Gasteiger partial charge in [0.1, 0.15) is 6.04 Å². The highest BCUT2D eigenvalue weighted by Gasteiger charge is 2.27. The van der Waals surface area contributed by atoms with E-state index in [0.29, 0.717) is 30.8 Å². The summed E-state index contributed by atoms with van der Waals surface area (Å²) in [5.41, 5.74) is 2.08. The van der Waals surface area contributed by atoms with Crippen molar-refractivity contribution in [2.24, 2.45) is 0 Å². The molecule has 1 atom stereocenters. The number of likely N-dealkylation sites (N-methyl/N-ethyl adjacent to an activating group) is 1. The molecule has 3 aromatic rings. The summed E-state index contributed by atoms with van der Waals surface area (Å²) in [6.45, 7) is 2.30. The molecule has 0 heterocycles. The Balaban J connectivity index is 1.81. The molecule has 0 saturated heterocycles.